The first-order chi connectivity index (χ1) is 13.9. The van der Waals surface area contributed by atoms with Gasteiger partial charge in [-0.15, -0.1) is 10.2 Å². The lowest BCUT2D eigenvalue weighted by Crippen LogP contribution is -2.16. The van der Waals surface area contributed by atoms with E-state index in [-0.39, 0.29) is 29.7 Å². The second-order valence-electron chi connectivity index (χ2n) is 6.10. The fraction of sp³-hybridized carbons (Fsp3) is 0.200. The van der Waals surface area contributed by atoms with Gasteiger partial charge in [-0.2, -0.15) is 0 Å². The molecule has 0 fully saturated rings. The molecule has 0 aliphatic carbocycles. The van der Waals surface area contributed by atoms with Crippen molar-refractivity contribution < 1.29 is 22.3 Å². The van der Waals surface area contributed by atoms with Crippen molar-refractivity contribution in [3.8, 4) is 22.9 Å². The number of nitrogens with zero attached hydrogens (tertiary/aromatic N) is 2. The number of sulfonamides is 1. The van der Waals surface area contributed by atoms with Gasteiger partial charge in [-0.1, -0.05) is 24.3 Å². The summed E-state index contributed by atoms with van der Waals surface area (Å²) >= 11 is 0. The third-order valence-corrected chi connectivity index (χ3v) is 5.31. The number of halogens is 1. The van der Waals surface area contributed by atoms with Crippen molar-refractivity contribution in [2.45, 2.75) is 13.5 Å². The molecule has 0 saturated heterocycles. The number of ether oxygens (including phenoxy) is 2. The van der Waals surface area contributed by atoms with Crippen LogP contribution in [0.1, 0.15) is 12.5 Å². The van der Waals surface area contributed by atoms with Crippen molar-refractivity contribution in [2.24, 2.45) is 0 Å². The summed E-state index contributed by atoms with van der Waals surface area (Å²) < 4.78 is 50.4. The van der Waals surface area contributed by atoms with Crippen LogP contribution in [0.5, 0.6) is 11.6 Å². The summed E-state index contributed by atoms with van der Waals surface area (Å²) in [6, 6.07) is 14.8. The van der Waals surface area contributed by atoms with Gasteiger partial charge in [0.25, 0.3) is 5.88 Å². The molecule has 2 aromatic carbocycles. The molecule has 0 bridgehead atoms. The van der Waals surface area contributed by atoms with Crippen LogP contribution in [0, 0.1) is 5.82 Å². The Morgan fingerprint density at radius 1 is 1.07 bits per heavy atom. The number of hydrogen-bond donors (Lipinski definition) is 1. The maximum Gasteiger partial charge on any atom is 0.257 e. The van der Waals surface area contributed by atoms with Crippen molar-refractivity contribution >= 4 is 15.7 Å². The third kappa shape index (κ3) is 5.41. The van der Waals surface area contributed by atoms with E-state index in [1.165, 1.54) is 26.2 Å². The molecule has 1 N–H and O–H groups in total. The number of benzene rings is 2. The highest BCUT2D eigenvalue weighted by Crippen LogP contribution is 2.29. The number of aromatic nitrogens is 2. The predicted molar refractivity (Wildman–Crippen MR) is 108 cm³/mol. The lowest BCUT2D eigenvalue weighted by atomic mass is 10.1. The summed E-state index contributed by atoms with van der Waals surface area (Å²) in [5.74, 6) is 0.219. The molecule has 152 valence electrons. The first-order valence-electron chi connectivity index (χ1n) is 8.80. The third-order valence-electron chi connectivity index (χ3n) is 4.02. The van der Waals surface area contributed by atoms with Gasteiger partial charge < -0.3 is 9.47 Å². The summed E-state index contributed by atoms with van der Waals surface area (Å²) in [6.07, 6.45) is 0. The Kier molecular flexibility index (Phi) is 6.28. The normalized spacial score (nSPS) is 11.1. The van der Waals surface area contributed by atoms with Crippen LogP contribution in [-0.4, -0.2) is 31.5 Å². The van der Waals surface area contributed by atoms with E-state index < -0.39 is 10.0 Å². The number of methoxy groups -OCH3 is 1. The first kappa shape index (κ1) is 20.5. The minimum absolute atomic E-state index is 0.0734. The molecule has 7 nitrogen and oxygen atoms in total. The average molecular weight is 417 g/mol. The molecule has 0 amide bonds. The molecule has 9 heteroatoms. The molecule has 3 rings (SSSR count). The molecule has 0 aliphatic rings. The highest BCUT2D eigenvalue weighted by molar-refractivity contribution is 7.92. The zero-order valence-electron chi connectivity index (χ0n) is 15.9. The van der Waals surface area contributed by atoms with Crippen LogP contribution in [0.2, 0.25) is 0 Å². The zero-order chi connectivity index (χ0) is 20.9. The average Bonchev–Trinajstić information content (AvgIpc) is 2.72. The summed E-state index contributed by atoms with van der Waals surface area (Å²) in [5.41, 5.74) is 2.02. The number of hydrogen-bond acceptors (Lipinski definition) is 6. The Hall–Kier alpha value is -3.20. The smallest absolute Gasteiger partial charge is 0.257 e. The Morgan fingerprint density at radius 3 is 2.59 bits per heavy atom. The summed E-state index contributed by atoms with van der Waals surface area (Å²) in [4.78, 5) is 0. The number of nitrogens with one attached hydrogen (secondary N) is 1. The molecular formula is C20H20FN3O4S. The SMILES string of the molecule is CCS(=O)(=O)Nc1cc(-c2cccc(OCc3cccc(F)c3)c2)nnc1OC. The van der Waals surface area contributed by atoms with Gasteiger partial charge in [0, 0.05) is 5.56 Å². The van der Waals surface area contributed by atoms with E-state index in [0.29, 0.717) is 22.6 Å². The van der Waals surface area contributed by atoms with Crippen molar-refractivity contribution in [3.63, 3.8) is 0 Å². The van der Waals surface area contributed by atoms with Gasteiger partial charge in [-0.25, -0.2) is 12.8 Å². The van der Waals surface area contributed by atoms with E-state index >= 15 is 0 Å². The maximum atomic E-state index is 13.3. The monoisotopic (exact) mass is 417 g/mol. The van der Waals surface area contributed by atoms with Gasteiger partial charge in [0.1, 0.15) is 23.9 Å². The second kappa shape index (κ2) is 8.87. The van der Waals surface area contributed by atoms with E-state index in [2.05, 4.69) is 14.9 Å². The van der Waals surface area contributed by atoms with Crippen molar-refractivity contribution in [2.75, 3.05) is 17.6 Å². The van der Waals surface area contributed by atoms with E-state index in [1.54, 1.807) is 42.5 Å². The van der Waals surface area contributed by atoms with Crippen LogP contribution in [0.25, 0.3) is 11.3 Å². The van der Waals surface area contributed by atoms with Crippen LogP contribution < -0.4 is 14.2 Å². The van der Waals surface area contributed by atoms with Gasteiger partial charge in [0.2, 0.25) is 10.0 Å². The summed E-state index contributed by atoms with van der Waals surface area (Å²) in [5, 5.41) is 8.04. The highest BCUT2D eigenvalue weighted by Gasteiger charge is 2.15. The Morgan fingerprint density at radius 2 is 1.86 bits per heavy atom. The Bertz CT molecular complexity index is 1110. The van der Waals surface area contributed by atoms with E-state index in [9.17, 15) is 12.8 Å². The topological polar surface area (TPSA) is 90.4 Å². The molecule has 3 aromatic rings. The second-order valence-corrected chi connectivity index (χ2v) is 8.12. The molecule has 0 saturated carbocycles. The minimum atomic E-state index is -3.51. The number of rotatable bonds is 8. The lowest BCUT2D eigenvalue weighted by Gasteiger charge is -2.12. The van der Waals surface area contributed by atoms with Gasteiger partial charge in [-0.3, -0.25) is 4.72 Å². The van der Waals surface area contributed by atoms with Gasteiger partial charge in [0.15, 0.2) is 0 Å². The molecular weight excluding hydrogens is 397 g/mol. The molecule has 1 aromatic heterocycles. The molecule has 0 radical (unpaired) electrons. The van der Waals surface area contributed by atoms with Crippen LogP contribution in [0.3, 0.4) is 0 Å². The van der Waals surface area contributed by atoms with E-state index in [1.807, 2.05) is 0 Å². The first-order valence-corrected chi connectivity index (χ1v) is 10.5. The lowest BCUT2D eigenvalue weighted by molar-refractivity contribution is 0.305. The fourth-order valence-corrected chi connectivity index (χ4v) is 3.15. The maximum absolute atomic E-state index is 13.3. The quantitative estimate of drug-likeness (QED) is 0.602. The predicted octanol–water partition coefficient (Wildman–Crippen LogP) is 3.63. The Balaban J connectivity index is 1.84. The minimum Gasteiger partial charge on any atom is -0.489 e. The van der Waals surface area contributed by atoms with Crippen LogP contribution in [0.15, 0.2) is 54.6 Å². The highest BCUT2D eigenvalue weighted by atomic mass is 32.2. The standard InChI is InChI=1S/C20H20FN3O4S/c1-3-29(25,26)24-19-12-18(22-23-20(19)27-2)15-7-5-9-17(11-15)28-13-14-6-4-8-16(21)10-14/h4-12H,3,13H2,1-2H3,(H,22,24). The molecule has 0 unspecified atom stereocenters. The van der Waals surface area contributed by atoms with Gasteiger partial charge in [0.05, 0.1) is 18.6 Å². The van der Waals surface area contributed by atoms with E-state index in [4.69, 9.17) is 9.47 Å². The summed E-state index contributed by atoms with van der Waals surface area (Å²) in [7, 11) is -2.12. The van der Waals surface area contributed by atoms with Crippen LogP contribution >= 0.6 is 0 Å². The molecule has 0 spiro atoms. The fourth-order valence-electron chi connectivity index (χ4n) is 2.52. The van der Waals surface area contributed by atoms with Gasteiger partial charge >= 0.3 is 0 Å². The van der Waals surface area contributed by atoms with Crippen LogP contribution in [0.4, 0.5) is 10.1 Å². The van der Waals surface area contributed by atoms with Gasteiger partial charge in [-0.05, 0) is 42.8 Å². The molecule has 0 atom stereocenters. The summed E-state index contributed by atoms with van der Waals surface area (Å²) in [6.45, 7) is 1.74. The number of anilines is 1. The largest absolute Gasteiger partial charge is 0.489 e. The zero-order valence-corrected chi connectivity index (χ0v) is 16.7. The Labute approximate surface area is 168 Å². The van der Waals surface area contributed by atoms with Crippen molar-refractivity contribution in [1.29, 1.82) is 0 Å². The van der Waals surface area contributed by atoms with Crippen molar-refractivity contribution in [3.05, 3.63) is 66.0 Å². The van der Waals surface area contributed by atoms with Crippen LogP contribution in [-0.2, 0) is 16.6 Å². The molecule has 0 aliphatic heterocycles. The van der Waals surface area contributed by atoms with E-state index in [0.717, 1.165) is 0 Å². The van der Waals surface area contributed by atoms with Crippen molar-refractivity contribution in [1.82, 2.24) is 10.2 Å². The molecule has 29 heavy (non-hydrogen) atoms. The molecule has 1 heterocycles.